The Morgan fingerprint density at radius 2 is 1.96 bits per heavy atom. The summed E-state index contributed by atoms with van der Waals surface area (Å²) in [5.74, 6) is 0. The van der Waals surface area contributed by atoms with Gasteiger partial charge in [0.15, 0.2) is 5.13 Å². The number of carbonyl (C=O) groups is 2. The highest BCUT2D eigenvalue weighted by atomic mass is 32.1. The molecular formula is C17H20N4O3S. The Hall–Kier alpha value is -2.61. The summed E-state index contributed by atoms with van der Waals surface area (Å²) in [4.78, 5) is 31.7. The van der Waals surface area contributed by atoms with E-state index in [0.717, 1.165) is 10.4 Å². The number of amides is 3. The summed E-state index contributed by atoms with van der Waals surface area (Å²) in [5.41, 5.74) is 1.07. The molecule has 7 nitrogen and oxygen atoms in total. The van der Waals surface area contributed by atoms with Crippen molar-refractivity contribution >= 4 is 28.6 Å². The number of carboxylic acid groups (broad SMARTS) is 1. The third-order valence-corrected chi connectivity index (χ3v) is 5.34. The monoisotopic (exact) mass is 360 g/mol. The molecule has 1 fully saturated rings. The van der Waals surface area contributed by atoms with E-state index in [0.29, 0.717) is 31.1 Å². The molecule has 132 valence electrons. The lowest BCUT2D eigenvalue weighted by atomic mass is 10.0. The summed E-state index contributed by atoms with van der Waals surface area (Å²) in [5, 5.41) is 12.4. The van der Waals surface area contributed by atoms with Crippen LogP contribution in [0.3, 0.4) is 0 Å². The molecule has 2 N–H and O–H groups in total. The molecule has 1 aromatic carbocycles. The number of anilines is 1. The zero-order valence-corrected chi connectivity index (χ0v) is 14.7. The molecule has 0 aliphatic carbocycles. The predicted octanol–water partition coefficient (Wildman–Crippen LogP) is 3.42. The highest BCUT2D eigenvalue weighted by molar-refractivity contribution is 7.19. The van der Waals surface area contributed by atoms with E-state index in [4.69, 9.17) is 5.11 Å². The lowest BCUT2D eigenvalue weighted by Crippen LogP contribution is -2.48. The van der Waals surface area contributed by atoms with Gasteiger partial charge < -0.3 is 14.9 Å². The maximum atomic E-state index is 12.4. The number of rotatable bonds is 3. The predicted molar refractivity (Wildman–Crippen MR) is 97.0 cm³/mol. The van der Waals surface area contributed by atoms with Gasteiger partial charge in [-0.15, -0.1) is 0 Å². The van der Waals surface area contributed by atoms with Gasteiger partial charge in [-0.05, 0) is 18.4 Å². The van der Waals surface area contributed by atoms with Crippen LogP contribution in [0.25, 0.3) is 10.4 Å². The maximum absolute atomic E-state index is 12.4. The zero-order chi connectivity index (χ0) is 17.8. The van der Waals surface area contributed by atoms with Crippen molar-refractivity contribution in [2.75, 3.05) is 25.5 Å². The van der Waals surface area contributed by atoms with Gasteiger partial charge in [0, 0.05) is 32.4 Å². The van der Waals surface area contributed by atoms with Gasteiger partial charge in [-0.1, -0.05) is 41.7 Å². The Morgan fingerprint density at radius 3 is 2.60 bits per heavy atom. The van der Waals surface area contributed by atoms with Crippen molar-refractivity contribution in [2.24, 2.45) is 0 Å². The van der Waals surface area contributed by atoms with Crippen LogP contribution >= 0.6 is 11.3 Å². The van der Waals surface area contributed by atoms with E-state index >= 15 is 0 Å². The minimum atomic E-state index is -0.931. The Bertz CT molecular complexity index is 741. The molecule has 0 unspecified atom stereocenters. The number of urea groups is 1. The third kappa shape index (κ3) is 4.08. The second-order valence-electron chi connectivity index (χ2n) is 5.94. The van der Waals surface area contributed by atoms with Crippen LogP contribution in [-0.4, -0.2) is 58.2 Å². The summed E-state index contributed by atoms with van der Waals surface area (Å²) in [6.45, 7) is 1.07. The van der Waals surface area contributed by atoms with Gasteiger partial charge in [-0.25, -0.2) is 14.6 Å². The van der Waals surface area contributed by atoms with Crippen LogP contribution in [-0.2, 0) is 0 Å². The molecule has 3 amide bonds. The minimum Gasteiger partial charge on any atom is -0.465 e. The molecule has 0 saturated carbocycles. The van der Waals surface area contributed by atoms with E-state index in [2.05, 4.69) is 10.3 Å². The molecule has 0 radical (unpaired) electrons. The first-order valence-corrected chi connectivity index (χ1v) is 8.89. The molecule has 25 heavy (non-hydrogen) atoms. The number of nitrogens with zero attached hydrogens (tertiary/aromatic N) is 3. The largest absolute Gasteiger partial charge is 0.465 e. The third-order valence-electron chi connectivity index (χ3n) is 4.38. The van der Waals surface area contributed by atoms with E-state index in [1.807, 2.05) is 30.3 Å². The summed E-state index contributed by atoms with van der Waals surface area (Å²) in [7, 11) is 1.57. The van der Waals surface area contributed by atoms with Gasteiger partial charge in [-0.2, -0.15) is 0 Å². The topological polar surface area (TPSA) is 85.8 Å². The van der Waals surface area contributed by atoms with Crippen molar-refractivity contribution in [3.05, 3.63) is 36.5 Å². The molecule has 8 heteroatoms. The van der Waals surface area contributed by atoms with E-state index in [9.17, 15) is 9.59 Å². The van der Waals surface area contributed by atoms with Crippen molar-refractivity contribution in [2.45, 2.75) is 18.9 Å². The van der Waals surface area contributed by atoms with E-state index in [-0.39, 0.29) is 12.1 Å². The molecule has 2 heterocycles. The number of benzene rings is 1. The molecular weight excluding hydrogens is 340 g/mol. The number of aromatic nitrogens is 1. The highest BCUT2D eigenvalue weighted by Crippen LogP contribution is 2.29. The maximum Gasteiger partial charge on any atom is 0.407 e. The standard InChI is InChI=1S/C17H20N4O3S/c1-20(17(23)24)13-7-9-21(10-8-13)16(22)19-15-18-11-14(25-15)12-5-3-2-4-6-12/h2-6,11,13H,7-10H2,1H3,(H,23,24)(H,18,19,22). The van der Waals surface area contributed by atoms with E-state index in [1.54, 1.807) is 18.1 Å². The lowest BCUT2D eigenvalue weighted by molar-refractivity contribution is 0.113. The molecule has 2 aromatic rings. The van der Waals surface area contributed by atoms with Crippen molar-refractivity contribution in [3.63, 3.8) is 0 Å². The fourth-order valence-electron chi connectivity index (χ4n) is 2.85. The number of nitrogens with one attached hydrogen (secondary N) is 1. The van der Waals surface area contributed by atoms with Gasteiger partial charge >= 0.3 is 12.1 Å². The fraction of sp³-hybridized carbons (Fsp3) is 0.353. The van der Waals surface area contributed by atoms with Crippen LogP contribution in [0.5, 0.6) is 0 Å². The second-order valence-corrected chi connectivity index (χ2v) is 6.97. The first kappa shape index (κ1) is 17.2. The summed E-state index contributed by atoms with van der Waals surface area (Å²) in [6.07, 6.45) is 2.11. The molecule has 0 spiro atoms. The quantitative estimate of drug-likeness (QED) is 0.878. The second kappa shape index (κ2) is 7.52. The van der Waals surface area contributed by atoms with Crippen LogP contribution in [0.15, 0.2) is 36.5 Å². The van der Waals surface area contributed by atoms with E-state index in [1.165, 1.54) is 16.2 Å². The first-order valence-electron chi connectivity index (χ1n) is 8.07. The minimum absolute atomic E-state index is 0.0360. The number of hydrogen-bond donors (Lipinski definition) is 2. The first-order chi connectivity index (χ1) is 12.0. The van der Waals surface area contributed by atoms with Gasteiger partial charge in [0.05, 0.1) is 4.88 Å². The number of piperidine rings is 1. The van der Waals surface area contributed by atoms with Crippen LogP contribution in [0.4, 0.5) is 14.7 Å². The van der Waals surface area contributed by atoms with E-state index < -0.39 is 6.09 Å². The summed E-state index contributed by atoms with van der Waals surface area (Å²) >= 11 is 1.43. The fourth-order valence-corrected chi connectivity index (χ4v) is 3.66. The van der Waals surface area contributed by atoms with Crippen molar-refractivity contribution in [1.82, 2.24) is 14.8 Å². The average Bonchev–Trinajstić information content (AvgIpc) is 3.10. The van der Waals surface area contributed by atoms with Crippen LogP contribution in [0.2, 0.25) is 0 Å². The smallest absolute Gasteiger partial charge is 0.407 e. The molecule has 1 saturated heterocycles. The molecule has 1 aliphatic rings. The molecule has 1 aliphatic heterocycles. The van der Waals surface area contributed by atoms with Gasteiger partial charge in [-0.3, -0.25) is 5.32 Å². The Balaban J connectivity index is 1.55. The number of likely N-dealkylation sites (tertiary alicyclic amines) is 1. The van der Waals surface area contributed by atoms with Crippen LogP contribution in [0.1, 0.15) is 12.8 Å². The Kier molecular flexibility index (Phi) is 5.18. The average molecular weight is 360 g/mol. The van der Waals surface area contributed by atoms with Crippen molar-refractivity contribution < 1.29 is 14.7 Å². The molecule has 1 aromatic heterocycles. The van der Waals surface area contributed by atoms with Crippen molar-refractivity contribution in [1.29, 1.82) is 0 Å². The van der Waals surface area contributed by atoms with Crippen molar-refractivity contribution in [3.8, 4) is 10.4 Å². The lowest BCUT2D eigenvalue weighted by Gasteiger charge is -2.35. The summed E-state index contributed by atoms with van der Waals surface area (Å²) in [6, 6.07) is 9.66. The molecule has 0 bridgehead atoms. The van der Waals surface area contributed by atoms with Crippen LogP contribution < -0.4 is 5.32 Å². The van der Waals surface area contributed by atoms with Gasteiger partial charge in [0.1, 0.15) is 0 Å². The molecule has 3 rings (SSSR count). The highest BCUT2D eigenvalue weighted by Gasteiger charge is 2.27. The number of hydrogen-bond acceptors (Lipinski definition) is 4. The Morgan fingerprint density at radius 1 is 1.28 bits per heavy atom. The SMILES string of the molecule is CN(C(=O)O)C1CCN(C(=O)Nc2ncc(-c3ccccc3)s2)CC1. The molecule has 0 atom stereocenters. The number of carbonyl (C=O) groups excluding carboxylic acids is 1. The zero-order valence-electron chi connectivity index (χ0n) is 13.9. The van der Waals surface area contributed by atoms with Gasteiger partial charge in [0.25, 0.3) is 0 Å². The number of thiazole rings is 1. The Labute approximate surface area is 149 Å². The summed E-state index contributed by atoms with van der Waals surface area (Å²) < 4.78 is 0. The van der Waals surface area contributed by atoms with Gasteiger partial charge in [0.2, 0.25) is 0 Å². The van der Waals surface area contributed by atoms with Crippen LogP contribution in [0, 0.1) is 0 Å². The normalized spacial score (nSPS) is 15.0.